The van der Waals surface area contributed by atoms with E-state index in [1.54, 1.807) is 10.7 Å². The summed E-state index contributed by atoms with van der Waals surface area (Å²) in [5.74, 6) is -0.175. The Morgan fingerprint density at radius 1 is 1.00 bits per heavy atom. The van der Waals surface area contributed by atoms with Crippen LogP contribution in [0.2, 0.25) is 0 Å². The monoisotopic (exact) mass is 446 g/mol. The molecule has 6 heteroatoms. The lowest BCUT2D eigenvalue weighted by Gasteiger charge is -2.28. The highest BCUT2D eigenvalue weighted by Crippen LogP contribution is 2.32. The number of nitrogens with zero attached hydrogens (tertiary/aromatic N) is 2. The van der Waals surface area contributed by atoms with Gasteiger partial charge in [0.2, 0.25) is 0 Å². The summed E-state index contributed by atoms with van der Waals surface area (Å²) >= 11 is 0. The molecule has 0 bridgehead atoms. The summed E-state index contributed by atoms with van der Waals surface area (Å²) in [6.07, 6.45) is 3.92. The SMILES string of the molecule is Cc1ccc(-c2cc(=O)n(CC3CCC(COCC(=O)O)CC3)nc2-c2ccccc2)cc1. The number of benzene rings is 2. The number of aryl methyl sites for hydroxylation is 1. The van der Waals surface area contributed by atoms with Crippen molar-refractivity contribution in [3.8, 4) is 22.4 Å². The van der Waals surface area contributed by atoms with Gasteiger partial charge in [-0.3, -0.25) is 4.79 Å². The first kappa shape index (κ1) is 22.9. The molecule has 3 aromatic rings. The highest BCUT2D eigenvalue weighted by atomic mass is 16.5. The number of ether oxygens (including phenoxy) is 1. The van der Waals surface area contributed by atoms with Crippen LogP contribution in [-0.4, -0.2) is 34.1 Å². The molecule has 1 heterocycles. The molecule has 0 atom stereocenters. The molecule has 1 saturated carbocycles. The minimum atomic E-state index is -0.933. The Hall–Kier alpha value is -3.25. The quantitative estimate of drug-likeness (QED) is 0.538. The highest BCUT2D eigenvalue weighted by Gasteiger charge is 2.23. The van der Waals surface area contributed by atoms with Gasteiger partial charge in [-0.25, -0.2) is 9.48 Å². The molecule has 0 radical (unpaired) electrons. The number of aliphatic carboxylic acids is 1. The molecule has 172 valence electrons. The van der Waals surface area contributed by atoms with Crippen molar-refractivity contribution in [3.05, 3.63) is 76.6 Å². The summed E-state index contributed by atoms with van der Waals surface area (Å²) in [7, 11) is 0. The maximum Gasteiger partial charge on any atom is 0.329 e. The Labute approximate surface area is 193 Å². The zero-order chi connectivity index (χ0) is 23.2. The third kappa shape index (κ3) is 5.96. The van der Waals surface area contributed by atoms with Crippen LogP contribution in [0.3, 0.4) is 0 Å². The molecule has 1 aliphatic carbocycles. The lowest BCUT2D eigenvalue weighted by atomic mass is 9.82. The van der Waals surface area contributed by atoms with Gasteiger partial charge in [-0.05, 0) is 50.0 Å². The van der Waals surface area contributed by atoms with E-state index >= 15 is 0 Å². The third-order valence-electron chi connectivity index (χ3n) is 6.38. The van der Waals surface area contributed by atoms with Crippen molar-refractivity contribution >= 4 is 5.97 Å². The van der Waals surface area contributed by atoms with Gasteiger partial charge in [0.1, 0.15) is 6.61 Å². The maximum atomic E-state index is 13.0. The van der Waals surface area contributed by atoms with Gasteiger partial charge < -0.3 is 9.84 Å². The largest absolute Gasteiger partial charge is 0.480 e. The van der Waals surface area contributed by atoms with Gasteiger partial charge in [0.15, 0.2) is 0 Å². The normalized spacial score (nSPS) is 18.2. The lowest BCUT2D eigenvalue weighted by Crippen LogP contribution is -2.29. The van der Waals surface area contributed by atoms with E-state index in [-0.39, 0.29) is 12.2 Å². The smallest absolute Gasteiger partial charge is 0.329 e. The van der Waals surface area contributed by atoms with Crippen molar-refractivity contribution in [2.45, 2.75) is 39.2 Å². The van der Waals surface area contributed by atoms with Gasteiger partial charge in [-0.1, -0.05) is 60.2 Å². The van der Waals surface area contributed by atoms with Crippen LogP contribution in [0.1, 0.15) is 31.2 Å². The van der Waals surface area contributed by atoms with Crippen LogP contribution < -0.4 is 5.56 Å². The second-order valence-corrected chi connectivity index (χ2v) is 8.95. The van der Waals surface area contributed by atoms with Crippen LogP contribution in [0.25, 0.3) is 22.4 Å². The van der Waals surface area contributed by atoms with Crippen molar-refractivity contribution in [2.24, 2.45) is 11.8 Å². The van der Waals surface area contributed by atoms with Gasteiger partial charge in [0, 0.05) is 23.7 Å². The molecule has 1 aliphatic rings. The van der Waals surface area contributed by atoms with E-state index in [1.165, 1.54) is 5.56 Å². The molecule has 1 fully saturated rings. The van der Waals surface area contributed by atoms with Crippen molar-refractivity contribution in [1.29, 1.82) is 0 Å². The lowest BCUT2D eigenvalue weighted by molar-refractivity contribution is -0.142. The standard InChI is InChI=1S/C27H30N2O4/c1-19-7-13-22(14-8-19)24-15-25(30)29(28-27(24)23-5-3-2-4-6-23)16-20-9-11-21(12-10-20)17-33-18-26(31)32/h2-8,13-15,20-21H,9-12,16-18H2,1H3,(H,31,32). The molecule has 4 rings (SSSR count). The molecule has 1 N–H and O–H groups in total. The van der Waals surface area contributed by atoms with E-state index in [2.05, 4.69) is 0 Å². The molecule has 6 nitrogen and oxygen atoms in total. The zero-order valence-electron chi connectivity index (χ0n) is 18.9. The Balaban J connectivity index is 1.53. The van der Waals surface area contributed by atoms with Gasteiger partial charge in [0.05, 0.1) is 12.3 Å². The first-order valence-corrected chi connectivity index (χ1v) is 11.5. The van der Waals surface area contributed by atoms with E-state index < -0.39 is 5.97 Å². The van der Waals surface area contributed by atoms with Crippen LogP contribution >= 0.6 is 0 Å². The molecule has 0 saturated heterocycles. The molecular formula is C27H30N2O4. The van der Waals surface area contributed by atoms with E-state index in [0.29, 0.717) is 25.0 Å². The van der Waals surface area contributed by atoms with Crippen LogP contribution in [-0.2, 0) is 16.1 Å². The average Bonchev–Trinajstić information content (AvgIpc) is 2.82. The van der Waals surface area contributed by atoms with E-state index in [1.807, 2.05) is 61.5 Å². The highest BCUT2D eigenvalue weighted by molar-refractivity contribution is 5.80. The summed E-state index contributed by atoms with van der Waals surface area (Å²) in [4.78, 5) is 23.7. The second kappa shape index (κ2) is 10.6. The number of hydrogen-bond acceptors (Lipinski definition) is 4. The number of carbonyl (C=O) groups is 1. The Morgan fingerprint density at radius 3 is 2.33 bits per heavy atom. The van der Waals surface area contributed by atoms with Crippen LogP contribution in [0, 0.1) is 18.8 Å². The topological polar surface area (TPSA) is 81.4 Å². The van der Waals surface area contributed by atoms with Gasteiger partial charge in [0.25, 0.3) is 5.56 Å². The molecule has 0 spiro atoms. The Bertz CT molecular complexity index is 1130. The fraction of sp³-hybridized carbons (Fsp3) is 0.370. The fourth-order valence-corrected chi connectivity index (χ4v) is 4.52. The van der Waals surface area contributed by atoms with Gasteiger partial charge in [-0.2, -0.15) is 5.10 Å². The first-order valence-electron chi connectivity index (χ1n) is 11.5. The summed E-state index contributed by atoms with van der Waals surface area (Å²) in [5.41, 5.74) is 4.72. The third-order valence-corrected chi connectivity index (χ3v) is 6.38. The Morgan fingerprint density at radius 2 is 1.67 bits per heavy atom. The second-order valence-electron chi connectivity index (χ2n) is 8.95. The number of rotatable bonds is 8. The molecule has 2 aromatic carbocycles. The molecular weight excluding hydrogens is 416 g/mol. The van der Waals surface area contributed by atoms with Crippen LogP contribution in [0.5, 0.6) is 0 Å². The minimum Gasteiger partial charge on any atom is -0.480 e. The minimum absolute atomic E-state index is 0.0860. The first-order chi connectivity index (χ1) is 16.0. The molecule has 33 heavy (non-hydrogen) atoms. The average molecular weight is 447 g/mol. The summed E-state index contributed by atoms with van der Waals surface area (Å²) in [6, 6.07) is 19.9. The number of hydrogen-bond donors (Lipinski definition) is 1. The summed E-state index contributed by atoms with van der Waals surface area (Å²) < 4.78 is 6.88. The summed E-state index contributed by atoms with van der Waals surface area (Å²) in [6.45, 7) is 2.89. The van der Waals surface area contributed by atoms with Crippen molar-refractivity contribution in [1.82, 2.24) is 9.78 Å². The summed E-state index contributed by atoms with van der Waals surface area (Å²) in [5, 5.41) is 13.6. The maximum absolute atomic E-state index is 13.0. The zero-order valence-corrected chi connectivity index (χ0v) is 18.9. The number of aromatic nitrogens is 2. The van der Waals surface area contributed by atoms with E-state index in [4.69, 9.17) is 14.9 Å². The molecule has 1 aromatic heterocycles. The number of carboxylic acid groups (broad SMARTS) is 1. The fourth-order valence-electron chi connectivity index (χ4n) is 4.52. The van der Waals surface area contributed by atoms with Crippen LogP contribution in [0.15, 0.2) is 65.5 Å². The van der Waals surface area contributed by atoms with Crippen molar-refractivity contribution < 1.29 is 14.6 Å². The number of carboxylic acids is 1. The van der Waals surface area contributed by atoms with Gasteiger partial charge in [-0.15, -0.1) is 0 Å². The molecule has 0 unspecified atom stereocenters. The van der Waals surface area contributed by atoms with Gasteiger partial charge >= 0.3 is 5.97 Å². The van der Waals surface area contributed by atoms with Crippen molar-refractivity contribution in [2.75, 3.05) is 13.2 Å². The molecule has 0 amide bonds. The molecule has 0 aliphatic heterocycles. The Kier molecular flexibility index (Phi) is 7.35. The predicted octanol–water partition coefficient (Wildman–Crippen LogP) is 4.79. The van der Waals surface area contributed by atoms with E-state index in [9.17, 15) is 9.59 Å². The van der Waals surface area contributed by atoms with E-state index in [0.717, 1.165) is 48.1 Å². The predicted molar refractivity (Wildman–Crippen MR) is 128 cm³/mol. The van der Waals surface area contributed by atoms with Crippen LogP contribution in [0.4, 0.5) is 0 Å². The van der Waals surface area contributed by atoms with Crippen molar-refractivity contribution in [3.63, 3.8) is 0 Å².